The van der Waals surface area contributed by atoms with Crippen molar-refractivity contribution in [2.24, 2.45) is 4.99 Å². The summed E-state index contributed by atoms with van der Waals surface area (Å²) in [5.41, 5.74) is 4.34. The number of pyridine rings is 1. The molecule has 1 amide bonds. The first kappa shape index (κ1) is 23.8. The Morgan fingerprint density at radius 2 is 1.94 bits per heavy atom. The molecule has 4 rings (SSSR count). The normalized spacial score (nSPS) is 20.1. The van der Waals surface area contributed by atoms with Gasteiger partial charge in [-0.1, -0.05) is 17.7 Å². The number of aromatic nitrogens is 3. The fourth-order valence-corrected chi connectivity index (χ4v) is 4.47. The largest absolute Gasteiger partial charge is 0.394 e. The average molecular weight is 462 g/mol. The molecule has 1 aliphatic rings. The molecule has 8 nitrogen and oxygen atoms in total. The minimum absolute atomic E-state index is 0.0301. The minimum atomic E-state index is -0.451. The van der Waals surface area contributed by atoms with Gasteiger partial charge in [-0.15, -0.1) is 0 Å². The van der Waals surface area contributed by atoms with Crippen LogP contribution in [-0.4, -0.2) is 51.8 Å². The molecule has 0 spiro atoms. The number of nitrogens with one attached hydrogen (secondary N) is 1. The number of rotatable bonds is 8. The van der Waals surface area contributed by atoms with Crippen LogP contribution in [0.4, 0.5) is 5.69 Å². The number of anilines is 1. The van der Waals surface area contributed by atoms with E-state index in [2.05, 4.69) is 27.1 Å². The molecule has 8 heteroatoms. The average Bonchev–Trinajstić information content (AvgIpc) is 3.25. The van der Waals surface area contributed by atoms with Gasteiger partial charge < -0.3 is 15.2 Å². The Morgan fingerprint density at radius 3 is 2.56 bits per heavy atom. The van der Waals surface area contributed by atoms with Crippen LogP contribution in [0.3, 0.4) is 0 Å². The monoisotopic (exact) mass is 461 g/mol. The molecule has 178 valence electrons. The van der Waals surface area contributed by atoms with Crippen LogP contribution in [0, 0.1) is 13.8 Å². The lowest BCUT2D eigenvalue weighted by Gasteiger charge is -2.36. The minimum Gasteiger partial charge on any atom is -0.394 e. The molecule has 1 aromatic carbocycles. The fourth-order valence-electron chi connectivity index (χ4n) is 4.47. The number of aryl methyl sites for hydroxylation is 1. The van der Waals surface area contributed by atoms with Crippen LogP contribution in [0.15, 0.2) is 53.8 Å². The molecule has 2 N–H and O–H groups in total. The summed E-state index contributed by atoms with van der Waals surface area (Å²) in [4.78, 5) is 22.0. The van der Waals surface area contributed by atoms with Crippen LogP contribution < -0.4 is 5.32 Å². The van der Waals surface area contributed by atoms with Crippen LogP contribution in [0.2, 0.25) is 0 Å². The summed E-state index contributed by atoms with van der Waals surface area (Å²) >= 11 is 0. The fraction of sp³-hybridized carbons (Fsp3) is 0.385. The summed E-state index contributed by atoms with van der Waals surface area (Å²) in [5.74, 6) is -0.233. The number of carbonyl (C=O) groups is 1. The number of carbonyl (C=O) groups excluding carboxylic acids is 1. The van der Waals surface area contributed by atoms with E-state index in [9.17, 15) is 4.79 Å². The zero-order chi connectivity index (χ0) is 24.1. The molecule has 34 heavy (non-hydrogen) atoms. The number of benzene rings is 1. The first-order valence-electron chi connectivity index (χ1n) is 11.6. The van der Waals surface area contributed by atoms with E-state index in [4.69, 9.17) is 9.84 Å². The first-order chi connectivity index (χ1) is 16.5. The van der Waals surface area contributed by atoms with E-state index >= 15 is 0 Å². The van der Waals surface area contributed by atoms with E-state index in [-0.39, 0.29) is 18.6 Å². The van der Waals surface area contributed by atoms with Crippen LogP contribution in [0.5, 0.6) is 0 Å². The number of aliphatic hydroxyl groups is 1. The molecule has 2 heterocycles. The molecule has 0 atom stereocenters. The number of hydrogen-bond acceptors (Lipinski definition) is 6. The van der Waals surface area contributed by atoms with Gasteiger partial charge in [0.05, 0.1) is 60.0 Å². The standard InChI is InChI=1S/C26H31N5O3/c1-18-4-7-21(8-5-18)31-19(2)23(17-29-31)25(33)30-20-6-9-24(28-16-20)26(27-3)12-10-22(11-13-26)34-15-14-32/h4-9,16-17,22,32H,3,10-15H2,1-2H3,(H,30,33). The van der Waals surface area contributed by atoms with E-state index < -0.39 is 5.54 Å². The van der Waals surface area contributed by atoms with Gasteiger partial charge in [-0.05, 0) is 70.5 Å². The molecule has 0 aliphatic heterocycles. The second-order valence-corrected chi connectivity index (χ2v) is 8.76. The quantitative estimate of drug-likeness (QED) is 0.494. The molecule has 1 saturated carbocycles. The highest BCUT2D eigenvalue weighted by Crippen LogP contribution is 2.40. The lowest BCUT2D eigenvalue weighted by molar-refractivity contribution is -0.00383. The summed E-state index contributed by atoms with van der Waals surface area (Å²) in [5, 5.41) is 16.3. The summed E-state index contributed by atoms with van der Waals surface area (Å²) in [6.45, 7) is 8.12. The number of aliphatic hydroxyl groups excluding tert-OH is 1. The third-order valence-electron chi connectivity index (χ3n) is 6.54. The van der Waals surface area contributed by atoms with Crippen molar-refractivity contribution in [3.05, 3.63) is 71.3 Å². The summed E-state index contributed by atoms with van der Waals surface area (Å²) in [6, 6.07) is 11.7. The van der Waals surface area contributed by atoms with Gasteiger partial charge in [0.2, 0.25) is 0 Å². The van der Waals surface area contributed by atoms with Crippen molar-refractivity contribution >= 4 is 18.3 Å². The van der Waals surface area contributed by atoms with E-state index in [0.717, 1.165) is 42.8 Å². The molecule has 0 saturated heterocycles. The Bertz CT molecular complexity index is 1130. The van der Waals surface area contributed by atoms with Crippen molar-refractivity contribution in [1.29, 1.82) is 0 Å². The SMILES string of the molecule is C=NC1(c2ccc(NC(=O)c3cnn(-c4ccc(C)cc4)c3C)cn2)CCC(OCCO)CC1. The summed E-state index contributed by atoms with van der Waals surface area (Å²) in [6.07, 6.45) is 6.61. The Kier molecular flexibility index (Phi) is 7.19. The molecular weight excluding hydrogens is 430 g/mol. The number of aliphatic imine (C=N–C) groups is 1. The maximum absolute atomic E-state index is 12.9. The zero-order valence-electron chi connectivity index (χ0n) is 19.7. The zero-order valence-corrected chi connectivity index (χ0v) is 19.7. The summed E-state index contributed by atoms with van der Waals surface area (Å²) in [7, 11) is 0. The lowest BCUT2D eigenvalue weighted by Crippen LogP contribution is -2.34. The molecule has 1 aliphatic carbocycles. The van der Waals surface area contributed by atoms with Crippen LogP contribution in [0.25, 0.3) is 5.69 Å². The molecule has 3 aromatic rings. The number of hydrogen-bond donors (Lipinski definition) is 2. The highest BCUT2D eigenvalue weighted by atomic mass is 16.5. The summed E-state index contributed by atoms with van der Waals surface area (Å²) < 4.78 is 7.43. The van der Waals surface area contributed by atoms with Crippen molar-refractivity contribution in [3.63, 3.8) is 0 Å². The molecule has 1 fully saturated rings. The van der Waals surface area contributed by atoms with Gasteiger partial charge in [0.25, 0.3) is 5.91 Å². The van der Waals surface area contributed by atoms with E-state index in [1.807, 2.05) is 50.2 Å². The molecule has 0 unspecified atom stereocenters. The number of amides is 1. The van der Waals surface area contributed by atoms with E-state index in [1.165, 1.54) is 5.56 Å². The highest BCUT2D eigenvalue weighted by molar-refractivity contribution is 6.04. The smallest absolute Gasteiger partial charge is 0.259 e. The van der Waals surface area contributed by atoms with Crippen molar-refractivity contribution in [1.82, 2.24) is 14.8 Å². The number of ether oxygens (including phenoxy) is 1. The maximum Gasteiger partial charge on any atom is 0.259 e. The Morgan fingerprint density at radius 1 is 1.21 bits per heavy atom. The molecule has 2 aromatic heterocycles. The maximum atomic E-state index is 12.9. The van der Waals surface area contributed by atoms with Crippen LogP contribution in [-0.2, 0) is 10.3 Å². The number of nitrogens with zero attached hydrogens (tertiary/aromatic N) is 4. The Labute approximate surface area is 199 Å². The molecule has 0 bridgehead atoms. The third-order valence-corrected chi connectivity index (χ3v) is 6.54. The Balaban J connectivity index is 1.43. The third kappa shape index (κ3) is 4.93. The highest BCUT2D eigenvalue weighted by Gasteiger charge is 2.37. The Hall–Kier alpha value is -3.36. The van der Waals surface area contributed by atoms with Crippen molar-refractivity contribution in [2.75, 3.05) is 18.5 Å². The molecular formula is C26H31N5O3. The predicted molar refractivity (Wildman–Crippen MR) is 132 cm³/mol. The second-order valence-electron chi connectivity index (χ2n) is 8.76. The van der Waals surface area contributed by atoms with E-state index in [1.54, 1.807) is 17.1 Å². The lowest BCUT2D eigenvalue weighted by atomic mass is 9.78. The van der Waals surface area contributed by atoms with Gasteiger partial charge in [0, 0.05) is 0 Å². The van der Waals surface area contributed by atoms with Crippen molar-refractivity contribution in [3.8, 4) is 5.69 Å². The first-order valence-corrected chi connectivity index (χ1v) is 11.6. The van der Waals surface area contributed by atoms with E-state index in [0.29, 0.717) is 17.9 Å². The second kappa shape index (κ2) is 10.3. The predicted octanol–water partition coefficient (Wildman–Crippen LogP) is 3.98. The van der Waals surface area contributed by atoms with Gasteiger partial charge in [-0.2, -0.15) is 5.10 Å². The van der Waals surface area contributed by atoms with Crippen LogP contribution in [0.1, 0.15) is 53.0 Å². The van der Waals surface area contributed by atoms with Gasteiger partial charge >= 0.3 is 0 Å². The topological polar surface area (TPSA) is 102 Å². The molecule has 0 radical (unpaired) electrons. The van der Waals surface area contributed by atoms with Crippen molar-refractivity contribution in [2.45, 2.75) is 51.2 Å². The van der Waals surface area contributed by atoms with Crippen LogP contribution >= 0.6 is 0 Å². The van der Waals surface area contributed by atoms with Gasteiger partial charge in [0.15, 0.2) is 0 Å². The van der Waals surface area contributed by atoms with Gasteiger partial charge in [0.1, 0.15) is 5.54 Å². The van der Waals surface area contributed by atoms with Gasteiger partial charge in [-0.25, -0.2) is 4.68 Å². The van der Waals surface area contributed by atoms with Gasteiger partial charge in [-0.3, -0.25) is 14.8 Å². The van der Waals surface area contributed by atoms with Crippen molar-refractivity contribution < 1.29 is 14.6 Å².